The number of nitrogens with one attached hydrogen (secondary N) is 1. The molecule has 1 N–H and O–H groups in total. The Morgan fingerprint density at radius 1 is 1.40 bits per heavy atom. The van der Waals surface area contributed by atoms with Crippen LogP contribution in [0.5, 0.6) is 0 Å². The van der Waals surface area contributed by atoms with Crippen molar-refractivity contribution in [1.29, 1.82) is 0 Å². The Labute approximate surface area is 95.4 Å². The van der Waals surface area contributed by atoms with Crippen LogP contribution in [0, 0.1) is 5.92 Å². The maximum atomic E-state index is 3.48. The zero-order chi connectivity index (χ0) is 11.5. The lowest BCUT2D eigenvalue weighted by Crippen LogP contribution is -2.48. The fraction of sp³-hybridized carbons (Fsp3) is 1.00. The molecular weight excluding hydrogens is 184 g/mol. The summed E-state index contributed by atoms with van der Waals surface area (Å²) in [6, 6.07) is 0.646. The van der Waals surface area contributed by atoms with Crippen molar-refractivity contribution in [3.63, 3.8) is 0 Å². The van der Waals surface area contributed by atoms with Gasteiger partial charge in [-0.2, -0.15) is 0 Å². The van der Waals surface area contributed by atoms with E-state index in [4.69, 9.17) is 0 Å². The van der Waals surface area contributed by atoms with Crippen LogP contribution in [0.15, 0.2) is 0 Å². The van der Waals surface area contributed by atoms with Gasteiger partial charge in [0.15, 0.2) is 0 Å². The monoisotopic (exact) mass is 212 g/mol. The van der Waals surface area contributed by atoms with Gasteiger partial charge in [0.2, 0.25) is 0 Å². The van der Waals surface area contributed by atoms with Crippen LogP contribution in [0.1, 0.15) is 47.0 Å². The summed E-state index contributed by atoms with van der Waals surface area (Å²) < 4.78 is 0. The molecule has 0 aromatic rings. The van der Waals surface area contributed by atoms with Crippen LogP contribution in [-0.2, 0) is 0 Å². The highest BCUT2D eigenvalue weighted by molar-refractivity contribution is 4.90. The molecule has 1 saturated heterocycles. The van der Waals surface area contributed by atoms with E-state index in [2.05, 4.69) is 45.0 Å². The van der Waals surface area contributed by atoms with Crippen molar-refractivity contribution >= 4 is 0 Å². The third kappa shape index (κ3) is 3.18. The molecule has 0 bridgehead atoms. The van der Waals surface area contributed by atoms with Gasteiger partial charge in [-0.15, -0.1) is 0 Å². The summed E-state index contributed by atoms with van der Waals surface area (Å²) in [6.45, 7) is 11.9. The molecular formula is C13H28N2. The molecule has 2 heteroatoms. The van der Waals surface area contributed by atoms with Crippen molar-refractivity contribution in [2.45, 2.75) is 58.5 Å². The van der Waals surface area contributed by atoms with Crippen LogP contribution < -0.4 is 5.32 Å². The van der Waals surface area contributed by atoms with Crippen LogP contribution in [0.25, 0.3) is 0 Å². The first-order valence-electron chi connectivity index (χ1n) is 6.43. The van der Waals surface area contributed by atoms with Crippen molar-refractivity contribution in [2.24, 2.45) is 5.92 Å². The van der Waals surface area contributed by atoms with Gasteiger partial charge in [0.25, 0.3) is 0 Å². The van der Waals surface area contributed by atoms with Crippen LogP contribution in [0.4, 0.5) is 0 Å². The van der Waals surface area contributed by atoms with E-state index in [1.165, 1.54) is 32.4 Å². The van der Waals surface area contributed by atoms with E-state index in [0.29, 0.717) is 11.6 Å². The largest absolute Gasteiger partial charge is 0.315 e. The molecule has 1 aliphatic heterocycles. The van der Waals surface area contributed by atoms with Gasteiger partial charge < -0.3 is 5.32 Å². The molecule has 1 fully saturated rings. The quantitative estimate of drug-likeness (QED) is 0.753. The Kier molecular flexibility index (Phi) is 4.60. The molecule has 0 saturated carbocycles. The summed E-state index contributed by atoms with van der Waals surface area (Å²) in [7, 11) is 2.10. The van der Waals surface area contributed by atoms with E-state index in [1.807, 2.05) is 0 Å². The van der Waals surface area contributed by atoms with E-state index < -0.39 is 0 Å². The average Bonchev–Trinajstić information content (AvgIpc) is 2.53. The predicted molar refractivity (Wildman–Crippen MR) is 67.2 cm³/mol. The topological polar surface area (TPSA) is 15.3 Å². The zero-order valence-corrected chi connectivity index (χ0v) is 11.1. The van der Waals surface area contributed by atoms with E-state index in [-0.39, 0.29) is 0 Å². The molecule has 2 nitrogen and oxygen atoms in total. The lowest BCUT2D eigenvalue weighted by molar-refractivity contribution is 0.143. The summed E-state index contributed by atoms with van der Waals surface area (Å²) >= 11 is 0. The molecule has 0 radical (unpaired) electrons. The van der Waals surface area contributed by atoms with Gasteiger partial charge in [0, 0.05) is 18.1 Å². The van der Waals surface area contributed by atoms with Crippen LogP contribution in [0.2, 0.25) is 0 Å². The fourth-order valence-corrected chi connectivity index (χ4v) is 2.58. The molecule has 2 atom stereocenters. The van der Waals surface area contributed by atoms with Crippen molar-refractivity contribution in [1.82, 2.24) is 10.2 Å². The van der Waals surface area contributed by atoms with Crippen LogP contribution in [0.3, 0.4) is 0 Å². The highest BCUT2D eigenvalue weighted by Gasteiger charge is 2.33. The third-order valence-electron chi connectivity index (χ3n) is 4.19. The second kappa shape index (κ2) is 5.31. The number of nitrogens with zero attached hydrogens (tertiary/aromatic N) is 1. The number of rotatable bonds is 5. The first-order chi connectivity index (χ1) is 7.01. The molecule has 1 rings (SSSR count). The number of likely N-dealkylation sites (tertiary alicyclic amines) is 1. The van der Waals surface area contributed by atoms with Gasteiger partial charge in [-0.25, -0.2) is 0 Å². The zero-order valence-electron chi connectivity index (χ0n) is 11.1. The number of hydrogen-bond acceptors (Lipinski definition) is 2. The van der Waals surface area contributed by atoms with Crippen molar-refractivity contribution < 1.29 is 0 Å². The minimum atomic E-state index is 0.419. The first kappa shape index (κ1) is 13.0. The molecule has 0 amide bonds. The van der Waals surface area contributed by atoms with E-state index in [0.717, 1.165) is 5.92 Å². The molecule has 0 aromatic carbocycles. The SMILES string of the molecule is CCC(C)C(CN1CCCC1(C)C)NC. The lowest BCUT2D eigenvalue weighted by Gasteiger charge is -2.36. The second-order valence-electron chi connectivity index (χ2n) is 5.64. The Balaban J connectivity index is 2.51. The minimum absolute atomic E-state index is 0.419. The van der Waals surface area contributed by atoms with Crippen molar-refractivity contribution in [2.75, 3.05) is 20.1 Å². The standard InChI is InChI=1S/C13H28N2/c1-6-11(2)12(14-5)10-15-9-7-8-13(15,3)4/h11-12,14H,6-10H2,1-5H3. The maximum Gasteiger partial charge on any atom is 0.0217 e. The first-order valence-corrected chi connectivity index (χ1v) is 6.43. The number of likely N-dealkylation sites (N-methyl/N-ethyl adjacent to an activating group) is 1. The highest BCUT2D eigenvalue weighted by Crippen LogP contribution is 2.28. The molecule has 0 spiro atoms. The van der Waals surface area contributed by atoms with Crippen molar-refractivity contribution in [3.8, 4) is 0 Å². The van der Waals surface area contributed by atoms with Gasteiger partial charge >= 0.3 is 0 Å². The summed E-state index contributed by atoms with van der Waals surface area (Å²) in [5, 5.41) is 3.48. The molecule has 1 aliphatic rings. The second-order valence-corrected chi connectivity index (χ2v) is 5.64. The molecule has 1 heterocycles. The predicted octanol–water partition coefficient (Wildman–Crippen LogP) is 2.49. The van der Waals surface area contributed by atoms with Crippen LogP contribution in [-0.4, -0.2) is 36.6 Å². The smallest absolute Gasteiger partial charge is 0.0217 e. The highest BCUT2D eigenvalue weighted by atomic mass is 15.2. The maximum absolute atomic E-state index is 3.48. The third-order valence-corrected chi connectivity index (χ3v) is 4.19. The minimum Gasteiger partial charge on any atom is -0.315 e. The molecule has 0 aromatic heterocycles. The van der Waals surface area contributed by atoms with Gasteiger partial charge in [-0.3, -0.25) is 4.90 Å². The van der Waals surface area contributed by atoms with E-state index >= 15 is 0 Å². The van der Waals surface area contributed by atoms with Crippen LogP contribution >= 0.6 is 0 Å². The molecule has 2 unspecified atom stereocenters. The summed E-state index contributed by atoms with van der Waals surface area (Å²) in [5.74, 6) is 0.770. The van der Waals surface area contributed by atoms with Crippen molar-refractivity contribution in [3.05, 3.63) is 0 Å². The van der Waals surface area contributed by atoms with E-state index in [1.54, 1.807) is 0 Å². The van der Waals surface area contributed by atoms with Gasteiger partial charge in [0.1, 0.15) is 0 Å². The Morgan fingerprint density at radius 3 is 2.47 bits per heavy atom. The summed E-state index contributed by atoms with van der Waals surface area (Å²) in [5.41, 5.74) is 0.419. The fourth-order valence-electron chi connectivity index (χ4n) is 2.58. The van der Waals surface area contributed by atoms with Gasteiger partial charge in [-0.05, 0) is 46.2 Å². The summed E-state index contributed by atoms with van der Waals surface area (Å²) in [6.07, 6.45) is 3.98. The normalized spacial score (nSPS) is 25.4. The molecule has 0 aliphatic carbocycles. The lowest BCUT2D eigenvalue weighted by atomic mass is 9.96. The Morgan fingerprint density at radius 2 is 2.07 bits per heavy atom. The number of hydrogen-bond donors (Lipinski definition) is 1. The van der Waals surface area contributed by atoms with Gasteiger partial charge in [0.05, 0.1) is 0 Å². The van der Waals surface area contributed by atoms with Gasteiger partial charge in [-0.1, -0.05) is 20.3 Å². The Bertz CT molecular complexity index is 189. The average molecular weight is 212 g/mol. The Hall–Kier alpha value is -0.0800. The van der Waals surface area contributed by atoms with E-state index in [9.17, 15) is 0 Å². The molecule has 15 heavy (non-hydrogen) atoms. The summed E-state index contributed by atoms with van der Waals surface area (Å²) in [4.78, 5) is 2.65. The molecule has 90 valence electrons.